The molecule has 1 saturated carbocycles. The Kier molecular flexibility index (Phi) is 4.61. The number of hydrogen-bond donors (Lipinski definition) is 2. The van der Waals surface area contributed by atoms with Gasteiger partial charge in [-0.15, -0.1) is 0 Å². The summed E-state index contributed by atoms with van der Waals surface area (Å²) < 4.78 is 0. The Hall–Kier alpha value is -1.06. The van der Waals surface area contributed by atoms with E-state index < -0.39 is 0 Å². The van der Waals surface area contributed by atoms with E-state index in [0.717, 1.165) is 31.2 Å². The first kappa shape index (κ1) is 13.4. The molecule has 1 aromatic rings. The Balaban J connectivity index is 1.83. The van der Waals surface area contributed by atoms with Crippen molar-refractivity contribution in [2.45, 2.75) is 38.3 Å². The fourth-order valence-corrected chi connectivity index (χ4v) is 2.51. The molecule has 0 aromatic heterocycles. The molecule has 1 amide bonds. The van der Waals surface area contributed by atoms with E-state index in [-0.39, 0.29) is 17.9 Å². The van der Waals surface area contributed by atoms with Crippen molar-refractivity contribution in [2.24, 2.45) is 5.92 Å². The van der Waals surface area contributed by atoms with Crippen LogP contribution in [0.1, 0.15) is 31.2 Å². The summed E-state index contributed by atoms with van der Waals surface area (Å²) in [5.41, 5.74) is 0.934. The van der Waals surface area contributed by atoms with Crippen molar-refractivity contribution in [3.05, 3.63) is 34.9 Å². The summed E-state index contributed by atoms with van der Waals surface area (Å²) >= 11 is 6.03. The summed E-state index contributed by atoms with van der Waals surface area (Å²) in [7, 11) is 0. The topological polar surface area (TPSA) is 49.3 Å². The molecule has 2 rings (SSSR count). The molecule has 0 saturated heterocycles. The molecule has 3 nitrogen and oxygen atoms in total. The van der Waals surface area contributed by atoms with Gasteiger partial charge in [0, 0.05) is 17.5 Å². The lowest BCUT2D eigenvalue weighted by Crippen LogP contribution is -2.33. The highest BCUT2D eigenvalue weighted by molar-refractivity contribution is 6.31. The first-order chi connectivity index (χ1) is 8.66. The average molecular weight is 268 g/mol. The molecule has 2 N–H and O–H groups in total. The monoisotopic (exact) mass is 267 g/mol. The zero-order valence-electron chi connectivity index (χ0n) is 10.2. The van der Waals surface area contributed by atoms with Gasteiger partial charge in [0.1, 0.15) is 0 Å². The SMILES string of the molecule is O=C(NCc1ccccc1Cl)C1CCC(O)CC1. The molecule has 1 aliphatic carbocycles. The lowest BCUT2D eigenvalue weighted by atomic mass is 9.87. The van der Waals surface area contributed by atoms with Gasteiger partial charge in [-0.05, 0) is 37.3 Å². The van der Waals surface area contributed by atoms with Crippen molar-refractivity contribution in [3.63, 3.8) is 0 Å². The largest absolute Gasteiger partial charge is 0.393 e. The summed E-state index contributed by atoms with van der Waals surface area (Å²) in [6, 6.07) is 7.51. The maximum absolute atomic E-state index is 12.0. The molecule has 0 bridgehead atoms. The second-order valence-electron chi connectivity index (χ2n) is 4.81. The Bertz CT molecular complexity index is 414. The van der Waals surface area contributed by atoms with Crippen LogP contribution in [0.3, 0.4) is 0 Å². The van der Waals surface area contributed by atoms with Crippen LogP contribution in [-0.2, 0) is 11.3 Å². The summed E-state index contributed by atoms with van der Waals surface area (Å²) in [5, 5.41) is 13.0. The third kappa shape index (κ3) is 3.47. The van der Waals surface area contributed by atoms with Crippen LogP contribution < -0.4 is 5.32 Å². The van der Waals surface area contributed by atoms with Gasteiger partial charge in [-0.3, -0.25) is 4.79 Å². The fraction of sp³-hybridized carbons (Fsp3) is 0.500. The third-order valence-electron chi connectivity index (χ3n) is 3.48. The van der Waals surface area contributed by atoms with Crippen LogP contribution in [0.4, 0.5) is 0 Å². The molecular formula is C14H18ClNO2. The smallest absolute Gasteiger partial charge is 0.223 e. The maximum atomic E-state index is 12.0. The lowest BCUT2D eigenvalue weighted by Gasteiger charge is -2.24. The summed E-state index contributed by atoms with van der Waals surface area (Å²) in [4.78, 5) is 12.0. The third-order valence-corrected chi connectivity index (χ3v) is 3.85. The van der Waals surface area contributed by atoms with E-state index in [2.05, 4.69) is 5.32 Å². The van der Waals surface area contributed by atoms with Crippen LogP contribution in [-0.4, -0.2) is 17.1 Å². The van der Waals surface area contributed by atoms with E-state index in [1.165, 1.54) is 0 Å². The molecule has 0 spiro atoms. The molecule has 0 radical (unpaired) electrons. The Morgan fingerprint density at radius 3 is 2.61 bits per heavy atom. The molecule has 98 valence electrons. The lowest BCUT2D eigenvalue weighted by molar-refractivity contribution is -0.126. The zero-order valence-corrected chi connectivity index (χ0v) is 11.0. The highest BCUT2D eigenvalue weighted by Crippen LogP contribution is 2.24. The number of carbonyl (C=O) groups is 1. The van der Waals surface area contributed by atoms with E-state index in [9.17, 15) is 9.90 Å². The predicted octanol–water partition coefficient (Wildman–Crippen LogP) is 2.51. The standard InChI is InChI=1S/C14H18ClNO2/c15-13-4-2-1-3-11(13)9-16-14(18)10-5-7-12(17)8-6-10/h1-4,10,12,17H,5-9H2,(H,16,18). The van der Waals surface area contributed by atoms with Crippen LogP contribution in [0.5, 0.6) is 0 Å². The number of benzene rings is 1. The zero-order chi connectivity index (χ0) is 13.0. The number of halogens is 1. The van der Waals surface area contributed by atoms with Crippen molar-refractivity contribution in [3.8, 4) is 0 Å². The normalized spacial score (nSPS) is 23.7. The average Bonchev–Trinajstić information content (AvgIpc) is 2.38. The van der Waals surface area contributed by atoms with Gasteiger partial charge in [0.2, 0.25) is 5.91 Å². The molecule has 1 fully saturated rings. The quantitative estimate of drug-likeness (QED) is 0.884. The number of aliphatic hydroxyl groups is 1. The number of carbonyl (C=O) groups excluding carboxylic acids is 1. The van der Waals surface area contributed by atoms with Crippen LogP contribution in [0.2, 0.25) is 5.02 Å². The molecule has 18 heavy (non-hydrogen) atoms. The molecule has 0 heterocycles. The van der Waals surface area contributed by atoms with Gasteiger partial charge >= 0.3 is 0 Å². The molecule has 1 aliphatic rings. The fourth-order valence-electron chi connectivity index (χ4n) is 2.31. The second-order valence-corrected chi connectivity index (χ2v) is 5.22. The summed E-state index contributed by atoms with van der Waals surface area (Å²) in [5.74, 6) is 0.109. The van der Waals surface area contributed by atoms with Crippen LogP contribution >= 0.6 is 11.6 Å². The minimum atomic E-state index is -0.224. The molecule has 4 heteroatoms. The molecule has 1 aromatic carbocycles. The minimum Gasteiger partial charge on any atom is -0.393 e. The number of nitrogens with one attached hydrogen (secondary N) is 1. The number of hydrogen-bond acceptors (Lipinski definition) is 2. The van der Waals surface area contributed by atoms with Gasteiger partial charge < -0.3 is 10.4 Å². The number of rotatable bonds is 3. The first-order valence-corrected chi connectivity index (χ1v) is 6.74. The van der Waals surface area contributed by atoms with Gasteiger partial charge in [0.05, 0.1) is 6.10 Å². The van der Waals surface area contributed by atoms with Gasteiger partial charge in [0.25, 0.3) is 0 Å². The van der Waals surface area contributed by atoms with Crippen molar-refractivity contribution in [2.75, 3.05) is 0 Å². The van der Waals surface area contributed by atoms with Crippen LogP contribution in [0, 0.1) is 5.92 Å². The van der Waals surface area contributed by atoms with E-state index in [1.54, 1.807) is 0 Å². The summed E-state index contributed by atoms with van der Waals surface area (Å²) in [6.45, 7) is 0.470. The van der Waals surface area contributed by atoms with Gasteiger partial charge in [-0.1, -0.05) is 29.8 Å². The van der Waals surface area contributed by atoms with Crippen molar-refractivity contribution in [1.29, 1.82) is 0 Å². The van der Waals surface area contributed by atoms with Crippen molar-refractivity contribution in [1.82, 2.24) is 5.32 Å². The summed E-state index contributed by atoms with van der Waals surface area (Å²) in [6.07, 6.45) is 2.77. The van der Waals surface area contributed by atoms with Crippen LogP contribution in [0.15, 0.2) is 24.3 Å². The highest BCUT2D eigenvalue weighted by atomic mass is 35.5. The van der Waals surface area contributed by atoms with E-state index >= 15 is 0 Å². The Morgan fingerprint density at radius 1 is 1.28 bits per heavy atom. The first-order valence-electron chi connectivity index (χ1n) is 6.36. The minimum absolute atomic E-state index is 0.0379. The van der Waals surface area contributed by atoms with Crippen molar-refractivity contribution >= 4 is 17.5 Å². The highest BCUT2D eigenvalue weighted by Gasteiger charge is 2.24. The Labute approximate surface area is 112 Å². The van der Waals surface area contributed by atoms with Crippen molar-refractivity contribution < 1.29 is 9.90 Å². The maximum Gasteiger partial charge on any atom is 0.223 e. The molecular weight excluding hydrogens is 250 g/mol. The van der Waals surface area contributed by atoms with Gasteiger partial charge in [0.15, 0.2) is 0 Å². The van der Waals surface area contributed by atoms with E-state index in [0.29, 0.717) is 11.6 Å². The number of amides is 1. The molecule has 0 unspecified atom stereocenters. The molecule has 0 atom stereocenters. The van der Waals surface area contributed by atoms with Gasteiger partial charge in [-0.25, -0.2) is 0 Å². The Morgan fingerprint density at radius 2 is 1.94 bits per heavy atom. The number of aliphatic hydroxyl groups excluding tert-OH is 1. The molecule has 0 aliphatic heterocycles. The predicted molar refractivity (Wildman–Crippen MR) is 71.3 cm³/mol. The van der Waals surface area contributed by atoms with E-state index in [4.69, 9.17) is 11.6 Å². The van der Waals surface area contributed by atoms with E-state index in [1.807, 2.05) is 24.3 Å². The second kappa shape index (κ2) is 6.21. The van der Waals surface area contributed by atoms with Gasteiger partial charge in [-0.2, -0.15) is 0 Å². The van der Waals surface area contributed by atoms with Crippen LogP contribution in [0.25, 0.3) is 0 Å².